The highest BCUT2D eigenvalue weighted by Crippen LogP contribution is 2.48. The molecule has 1 N–H and O–H groups in total. The lowest BCUT2D eigenvalue weighted by atomic mass is 9.99. The van der Waals surface area contributed by atoms with Crippen LogP contribution in [-0.2, 0) is 14.3 Å². The van der Waals surface area contributed by atoms with Gasteiger partial charge in [-0.2, -0.15) is 0 Å². The Kier molecular flexibility index (Phi) is 3.19. The van der Waals surface area contributed by atoms with Crippen LogP contribution in [0.15, 0.2) is 36.4 Å². The summed E-state index contributed by atoms with van der Waals surface area (Å²) in [6.07, 6.45) is 2.08. The van der Waals surface area contributed by atoms with E-state index < -0.39 is 17.2 Å². The molecule has 18 heavy (non-hydrogen) atoms. The molecule has 0 unspecified atom stereocenters. The van der Waals surface area contributed by atoms with Gasteiger partial charge >= 0.3 is 5.97 Å². The minimum absolute atomic E-state index is 0.129. The number of aliphatic hydroxyl groups is 1. The number of hydrogen-bond donors (Lipinski definition) is 1. The molecule has 1 saturated carbocycles. The zero-order valence-electron chi connectivity index (χ0n) is 10.1. The number of ketones is 1. The summed E-state index contributed by atoms with van der Waals surface area (Å²) in [5.74, 6) is -1.05. The number of hydrogen-bond acceptors (Lipinski definition) is 4. The van der Waals surface area contributed by atoms with Gasteiger partial charge in [0.2, 0.25) is 0 Å². The Morgan fingerprint density at radius 2 is 1.89 bits per heavy atom. The van der Waals surface area contributed by atoms with E-state index >= 15 is 0 Å². The van der Waals surface area contributed by atoms with Crippen molar-refractivity contribution in [1.29, 1.82) is 0 Å². The van der Waals surface area contributed by atoms with Gasteiger partial charge in [-0.15, -0.1) is 0 Å². The molecular weight excluding hydrogens is 232 g/mol. The molecule has 0 bridgehead atoms. The summed E-state index contributed by atoms with van der Waals surface area (Å²) >= 11 is 0. The lowest BCUT2D eigenvalue weighted by molar-refractivity contribution is -0.150. The van der Waals surface area contributed by atoms with Crippen LogP contribution in [0.3, 0.4) is 0 Å². The molecule has 0 radical (unpaired) electrons. The van der Waals surface area contributed by atoms with Crippen molar-refractivity contribution in [3.63, 3.8) is 0 Å². The van der Waals surface area contributed by atoms with Crippen molar-refractivity contribution < 1.29 is 19.4 Å². The maximum Gasteiger partial charge on any atom is 0.319 e. The van der Waals surface area contributed by atoms with Crippen LogP contribution >= 0.6 is 0 Å². The van der Waals surface area contributed by atoms with Crippen LogP contribution in [0.5, 0.6) is 0 Å². The highest BCUT2D eigenvalue weighted by molar-refractivity contribution is 6.13. The Hall–Kier alpha value is -2.10. The summed E-state index contributed by atoms with van der Waals surface area (Å²) in [6.45, 7) is 0. The Balaban J connectivity index is 2.19. The van der Waals surface area contributed by atoms with E-state index in [-0.39, 0.29) is 5.76 Å². The molecule has 1 aromatic rings. The standard InChI is InChI=1S/C14H14O4/c1-18-13(17)14(7-8-14)12(16)9-11(15)10-5-3-2-4-6-10/h2-6,9,15H,7-8H2,1H3/b11-9-. The molecule has 0 atom stereocenters. The molecule has 0 heterocycles. The molecule has 0 spiro atoms. The smallest absolute Gasteiger partial charge is 0.319 e. The summed E-state index contributed by atoms with van der Waals surface area (Å²) in [5, 5.41) is 9.82. The molecule has 94 valence electrons. The van der Waals surface area contributed by atoms with Crippen molar-refractivity contribution in [2.45, 2.75) is 12.8 Å². The fourth-order valence-corrected chi connectivity index (χ4v) is 1.83. The zero-order chi connectivity index (χ0) is 13.2. The van der Waals surface area contributed by atoms with Crippen molar-refractivity contribution in [3.8, 4) is 0 Å². The van der Waals surface area contributed by atoms with E-state index in [2.05, 4.69) is 4.74 Å². The van der Waals surface area contributed by atoms with Gasteiger partial charge in [0, 0.05) is 11.6 Å². The third-order valence-electron chi connectivity index (χ3n) is 3.14. The van der Waals surface area contributed by atoms with E-state index in [0.29, 0.717) is 18.4 Å². The van der Waals surface area contributed by atoms with Crippen LogP contribution in [0.2, 0.25) is 0 Å². The van der Waals surface area contributed by atoms with Gasteiger partial charge in [0.25, 0.3) is 0 Å². The van der Waals surface area contributed by atoms with Gasteiger partial charge in [-0.05, 0) is 12.8 Å². The normalized spacial score (nSPS) is 17.1. The van der Waals surface area contributed by atoms with Crippen LogP contribution in [-0.4, -0.2) is 24.0 Å². The van der Waals surface area contributed by atoms with E-state index in [0.717, 1.165) is 6.08 Å². The summed E-state index contributed by atoms with van der Waals surface area (Å²) in [7, 11) is 1.26. The number of carbonyl (C=O) groups excluding carboxylic acids is 2. The third kappa shape index (κ3) is 2.14. The Morgan fingerprint density at radius 1 is 1.28 bits per heavy atom. The quantitative estimate of drug-likeness (QED) is 0.382. The van der Waals surface area contributed by atoms with Gasteiger partial charge in [-0.1, -0.05) is 30.3 Å². The first-order valence-electron chi connectivity index (χ1n) is 5.69. The van der Waals surface area contributed by atoms with Crippen LogP contribution in [0, 0.1) is 5.41 Å². The first-order chi connectivity index (χ1) is 8.60. The van der Waals surface area contributed by atoms with Gasteiger partial charge in [-0.3, -0.25) is 9.59 Å². The van der Waals surface area contributed by atoms with Crippen molar-refractivity contribution in [3.05, 3.63) is 42.0 Å². The topological polar surface area (TPSA) is 63.6 Å². The van der Waals surface area contributed by atoms with Crippen molar-refractivity contribution in [1.82, 2.24) is 0 Å². The highest BCUT2D eigenvalue weighted by Gasteiger charge is 2.56. The van der Waals surface area contributed by atoms with Gasteiger partial charge < -0.3 is 9.84 Å². The molecule has 1 aliphatic rings. The number of methoxy groups -OCH3 is 1. The van der Waals surface area contributed by atoms with Gasteiger partial charge in [0.15, 0.2) is 5.78 Å². The van der Waals surface area contributed by atoms with Crippen LogP contribution < -0.4 is 0 Å². The second kappa shape index (κ2) is 4.64. The predicted octanol–water partition coefficient (Wildman–Crippen LogP) is 2.11. The summed E-state index contributed by atoms with van der Waals surface area (Å²) in [6, 6.07) is 8.72. The average molecular weight is 246 g/mol. The summed E-state index contributed by atoms with van der Waals surface area (Å²) in [5.41, 5.74) is -0.510. The molecule has 0 amide bonds. The minimum atomic E-state index is -1.06. The minimum Gasteiger partial charge on any atom is -0.507 e. The second-order valence-corrected chi connectivity index (χ2v) is 4.33. The third-order valence-corrected chi connectivity index (χ3v) is 3.14. The molecule has 0 aliphatic heterocycles. The van der Waals surface area contributed by atoms with Crippen molar-refractivity contribution in [2.24, 2.45) is 5.41 Å². The lowest BCUT2D eigenvalue weighted by Gasteiger charge is -2.08. The molecule has 4 heteroatoms. The van der Waals surface area contributed by atoms with E-state index in [1.165, 1.54) is 7.11 Å². The maximum atomic E-state index is 12.0. The summed E-state index contributed by atoms with van der Waals surface area (Å²) in [4.78, 5) is 23.5. The summed E-state index contributed by atoms with van der Waals surface area (Å²) < 4.78 is 4.62. The van der Waals surface area contributed by atoms with E-state index in [1.54, 1.807) is 24.3 Å². The predicted molar refractivity (Wildman–Crippen MR) is 65.7 cm³/mol. The van der Waals surface area contributed by atoms with Gasteiger partial charge in [0.05, 0.1) is 7.11 Å². The van der Waals surface area contributed by atoms with E-state index in [1.807, 2.05) is 6.07 Å². The highest BCUT2D eigenvalue weighted by atomic mass is 16.5. The molecule has 1 aliphatic carbocycles. The van der Waals surface area contributed by atoms with E-state index in [9.17, 15) is 14.7 Å². The number of benzene rings is 1. The first kappa shape index (κ1) is 12.4. The Labute approximate surface area is 105 Å². The fourth-order valence-electron chi connectivity index (χ4n) is 1.83. The molecule has 1 aromatic carbocycles. The molecule has 0 aromatic heterocycles. The van der Waals surface area contributed by atoms with Crippen molar-refractivity contribution >= 4 is 17.5 Å². The number of rotatable bonds is 4. The van der Waals surface area contributed by atoms with Gasteiger partial charge in [0.1, 0.15) is 11.2 Å². The monoisotopic (exact) mass is 246 g/mol. The SMILES string of the molecule is COC(=O)C1(C(=O)/C=C(\O)c2ccccc2)CC1. The average Bonchev–Trinajstić information content (AvgIpc) is 3.20. The van der Waals surface area contributed by atoms with Gasteiger partial charge in [-0.25, -0.2) is 0 Å². The molecule has 0 saturated heterocycles. The Bertz CT molecular complexity index is 498. The number of carbonyl (C=O) groups is 2. The zero-order valence-corrected chi connectivity index (χ0v) is 10.1. The first-order valence-corrected chi connectivity index (χ1v) is 5.69. The number of ether oxygens (including phenoxy) is 1. The second-order valence-electron chi connectivity index (χ2n) is 4.33. The maximum absolute atomic E-state index is 12.0. The molecule has 4 nitrogen and oxygen atoms in total. The number of esters is 1. The lowest BCUT2D eigenvalue weighted by Crippen LogP contribution is -2.25. The van der Waals surface area contributed by atoms with Crippen LogP contribution in [0.1, 0.15) is 18.4 Å². The molecular formula is C14H14O4. The van der Waals surface area contributed by atoms with Crippen molar-refractivity contribution in [2.75, 3.05) is 7.11 Å². The number of aliphatic hydroxyl groups excluding tert-OH is 1. The Morgan fingerprint density at radius 3 is 2.39 bits per heavy atom. The number of allylic oxidation sites excluding steroid dienone is 1. The van der Waals surface area contributed by atoms with Crippen LogP contribution in [0.4, 0.5) is 0 Å². The van der Waals surface area contributed by atoms with E-state index in [4.69, 9.17) is 0 Å². The van der Waals surface area contributed by atoms with Crippen LogP contribution in [0.25, 0.3) is 5.76 Å². The molecule has 2 rings (SSSR count). The fraction of sp³-hybridized carbons (Fsp3) is 0.286. The largest absolute Gasteiger partial charge is 0.507 e. The molecule has 1 fully saturated rings.